The molecule has 1 aliphatic rings. The number of nitrogens with one attached hydrogen (secondary N) is 1. The Morgan fingerprint density at radius 2 is 1.96 bits per heavy atom. The summed E-state index contributed by atoms with van der Waals surface area (Å²) in [6.07, 6.45) is 3.07. The van der Waals surface area contributed by atoms with Gasteiger partial charge >= 0.3 is 0 Å². The molecule has 142 valence electrons. The minimum atomic E-state index is -0.107. The summed E-state index contributed by atoms with van der Waals surface area (Å²) >= 11 is 0. The molecule has 3 N–H and O–H groups in total. The fourth-order valence-corrected chi connectivity index (χ4v) is 2.67. The molecule has 2 aromatic rings. The van der Waals surface area contributed by atoms with E-state index < -0.39 is 0 Å². The first kappa shape index (κ1) is 20.4. The van der Waals surface area contributed by atoms with Crippen LogP contribution in [0.3, 0.4) is 0 Å². The van der Waals surface area contributed by atoms with Gasteiger partial charge in [-0.3, -0.25) is 4.79 Å². The van der Waals surface area contributed by atoms with Crippen LogP contribution < -0.4 is 11.1 Å². The summed E-state index contributed by atoms with van der Waals surface area (Å²) in [6.45, 7) is 6.89. The predicted molar refractivity (Wildman–Crippen MR) is 103 cm³/mol. The summed E-state index contributed by atoms with van der Waals surface area (Å²) in [5.74, 6) is 1.63. The standard InChI is InChI=1S/C19H26N4O2.ClH/c1-19(2,3)10-16-22-17(23-25-16)13-6-8-14(9-7-13)18(24)21-11-15(20)12-4-5-12;/h6-9,12,15H,4-5,10-11,20H2,1-3H3,(H,21,24);1H. The molecule has 3 rings (SSSR count). The molecule has 26 heavy (non-hydrogen) atoms. The molecule has 1 fully saturated rings. The van der Waals surface area contributed by atoms with Gasteiger partial charge in [0.2, 0.25) is 11.7 Å². The molecule has 1 aromatic carbocycles. The Kier molecular flexibility index (Phi) is 6.42. The summed E-state index contributed by atoms with van der Waals surface area (Å²) in [5.41, 5.74) is 7.53. The fourth-order valence-electron chi connectivity index (χ4n) is 2.67. The molecule has 1 saturated carbocycles. The second kappa shape index (κ2) is 8.18. The minimum Gasteiger partial charge on any atom is -0.350 e. The average Bonchev–Trinajstić information content (AvgIpc) is 3.32. The molecule has 6 nitrogen and oxygen atoms in total. The van der Waals surface area contributed by atoms with Crippen LogP contribution in [0.15, 0.2) is 28.8 Å². The Labute approximate surface area is 160 Å². The molecule has 1 aromatic heterocycles. The van der Waals surface area contributed by atoms with E-state index in [0.29, 0.717) is 29.7 Å². The zero-order valence-corrected chi connectivity index (χ0v) is 16.3. The van der Waals surface area contributed by atoms with Crippen molar-refractivity contribution in [3.05, 3.63) is 35.7 Å². The number of hydrogen-bond donors (Lipinski definition) is 2. The van der Waals surface area contributed by atoms with E-state index in [-0.39, 0.29) is 29.8 Å². The van der Waals surface area contributed by atoms with E-state index >= 15 is 0 Å². The molecule has 0 aliphatic heterocycles. The van der Waals surface area contributed by atoms with Crippen molar-refractivity contribution in [2.75, 3.05) is 6.54 Å². The van der Waals surface area contributed by atoms with E-state index in [9.17, 15) is 4.79 Å². The maximum atomic E-state index is 12.2. The molecule has 1 unspecified atom stereocenters. The van der Waals surface area contributed by atoms with Crippen LogP contribution in [-0.2, 0) is 6.42 Å². The lowest BCUT2D eigenvalue weighted by molar-refractivity contribution is 0.0950. The summed E-state index contributed by atoms with van der Waals surface area (Å²) in [7, 11) is 0. The normalized spacial score (nSPS) is 15.2. The van der Waals surface area contributed by atoms with Gasteiger partial charge in [-0.15, -0.1) is 12.4 Å². The van der Waals surface area contributed by atoms with Crippen molar-refractivity contribution in [1.82, 2.24) is 15.5 Å². The average molecular weight is 379 g/mol. The second-order valence-electron chi connectivity index (χ2n) is 8.04. The summed E-state index contributed by atoms with van der Waals surface area (Å²) < 4.78 is 5.31. The SMILES string of the molecule is CC(C)(C)Cc1nc(-c2ccc(C(=O)NCC(N)C3CC3)cc2)no1.Cl. The number of nitrogens with two attached hydrogens (primary N) is 1. The molecule has 1 aliphatic carbocycles. The molecule has 0 saturated heterocycles. The first-order valence-corrected chi connectivity index (χ1v) is 8.79. The molecule has 1 amide bonds. The predicted octanol–water partition coefficient (Wildman–Crippen LogP) is 3.21. The van der Waals surface area contributed by atoms with Gasteiger partial charge in [0.25, 0.3) is 5.91 Å². The van der Waals surface area contributed by atoms with Crippen molar-refractivity contribution in [1.29, 1.82) is 0 Å². The second-order valence-corrected chi connectivity index (χ2v) is 8.04. The van der Waals surface area contributed by atoms with Crippen molar-refractivity contribution in [3.63, 3.8) is 0 Å². The van der Waals surface area contributed by atoms with Crippen LogP contribution in [0.5, 0.6) is 0 Å². The fraction of sp³-hybridized carbons (Fsp3) is 0.526. The van der Waals surface area contributed by atoms with Gasteiger partial charge in [0.1, 0.15) is 0 Å². The maximum absolute atomic E-state index is 12.2. The molecule has 0 radical (unpaired) electrons. The third-order valence-electron chi connectivity index (χ3n) is 4.28. The zero-order valence-electron chi connectivity index (χ0n) is 15.5. The van der Waals surface area contributed by atoms with Crippen LogP contribution >= 0.6 is 12.4 Å². The van der Waals surface area contributed by atoms with Gasteiger partial charge in [0, 0.05) is 30.1 Å². The third-order valence-corrected chi connectivity index (χ3v) is 4.28. The largest absolute Gasteiger partial charge is 0.350 e. The number of benzene rings is 1. The highest BCUT2D eigenvalue weighted by molar-refractivity contribution is 5.94. The van der Waals surface area contributed by atoms with Gasteiger partial charge in [0.15, 0.2) is 0 Å². The van der Waals surface area contributed by atoms with Crippen LogP contribution in [-0.4, -0.2) is 28.6 Å². The van der Waals surface area contributed by atoms with Gasteiger partial charge < -0.3 is 15.6 Å². The third kappa shape index (κ3) is 5.54. The molecule has 0 bridgehead atoms. The highest BCUT2D eigenvalue weighted by atomic mass is 35.5. The summed E-state index contributed by atoms with van der Waals surface area (Å²) in [4.78, 5) is 16.6. The van der Waals surface area contributed by atoms with Crippen molar-refractivity contribution in [2.24, 2.45) is 17.1 Å². The number of nitrogens with zero attached hydrogens (tertiary/aromatic N) is 2. The zero-order chi connectivity index (χ0) is 18.0. The molecule has 1 heterocycles. The van der Waals surface area contributed by atoms with E-state index in [4.69, 9.17) is 10.3 Å². The van der Waals surface area contributed by atoms with Gasteiger partial charge in [-0.1, -0.05) is 38.1 Å². The Balaban J connectivity index is 0.00000243. The summed E-state index contributed by atoms with van der Waals surface area (Å²) in [5, 5.41) is 6.92. The topological polar surface area (TPSA) is 94.0 Å². The van der Waals surface area contributed by atoms with Gasteiger partial charge in [-0.25, -0.2) is 0 Å². The highest BCUT2D eigenvalue weighted by Crippen LogP contribution is 2.31. The molecular formula is C19H27ClN4O2. The first-order valence-electron chi connectivity index (χ1n) is 8.79. The number of carbonyl (C=O) groups excluding carboxylic acids is 1. The number of hydrogen-bond acceptors (Lipinski definition) is 5. The van der Waals surface area contributed by atoms with Crippen molar-refractivity contribution in [2.45, 2.75) is 46.1 Å². The van der Waals surface area contributed by atoms with E-state index in [1.807, 2.05) is 12.1 Å². The Morgan fingerprint density at radius 1 is 1.31 bits per heavy atom. The quantitative estimate of drug-likeness (QED) is 0.804. The van der Waals surface area contributed by atoms with Gasteiger partial charge in [-0.05, 0) is 36.3 Å². The monoisotopic (exact) mass is 378 g/mol. The highest BCUT2D eigenvalue weighted by Gasteiger charge is 2.28. The van der Waals surface area contributed by atoms with E-state index in [2.05, 4.69) is 36.2 Å². The van der Waals surface area contributed by atoms with Crippen molar-refractivity contribution >= 4 is 18.3 Å². The minimum absolute atomic E-state index is 0. The number of amides is 1. The summed E-state index contributed by atoms with van der Waals surface area (Å²) in [6, 6.07) is 7.27. The van der Waals surface area contributed by atoms with Crippen LogP contribution in [0.1, 0.15) is 49.9 Å². The first-order chi connectivity index (χ1) is 11.8. The number of aromatic nitrogens is 2. The molecule has 0 spiro atoms. The lowest BCUT2D eigenvalue weighted by Gasteiger charge is -2.13. The van der Waals surface area contributed by atoms with Crippen LogP contribution in [0.4, 0.5) is 0 Å². The van der Waals surface area contributed by atoms with Gasteiger partial charge in [0.05, 0.1) is 0 Å². The van der Waals surface area contributed by atoms with Crippen molar-refractivity contribution < 1.29 is 9.32 Å². The van der Waals surface area contributed by atoms with E-state index in [1.54, 1.807) is 12.1 Å². The smallest absolute Gasteiger partial charge is 0.251 e. The molecule has 1 atom stereocenters. The molecular weight excluding hydrogens is 352 g/mol. The van der Waals surface area contributed by atoms with Crippen LogP contribution in [0.25, 0.3) is 11.4 Å². The van der Waals surface area contributed by atoms with E-state index in [0.717, 1.165) is 12.0 Å². The van der Waals surface area contributed by atoms with Crippen molar-refractivity contribution in [3.8, 4) is 11.4 Å². The Hall–Kier alpha value is -1.92. The van der Waals surface area contributed by atoms with Crippen LogP contribution in [0.2, 0.25) is 0 Å². The van der Waals surface area contributed by atoms with Gasteiger partial charge in [-0.2, -0.15) is 4.98 Å². The molecule has 7 heteroatoms. The maximum Gasteiger partial charge on any atom is 0.251 e. The lowest BCUT2D eigenvalue weighted by Crippen LogP contribution is -2.38. The lowest BCUT2D eigenvalue weighted by atomic mass is 9.92. The number of carbonyl (C=O) groups is 1. The number of halogens is 1. The number of rotatable bonds is 6. The van der Waals surface area contributed by atoms with Crippen LogP contribution in [0, 0.1) is 11.3 Å². The van der Waals surface area contributed by atoms with E-state index in [1.165, 1.54) is 12.8 Å². The Morgan fingerprint density at radius 3 is 2.54 bits per heavy atom. The Bertz CT molecular complexity index is 733.